The molecule has 5 rings (SSSR count). The van der Waals surface area contributed by atoms with Crippen molar-refractivity contribution in [3.05, 3.63) is 89.2 Å². The highest BCUT2D eigenvalue weighted by molar-refractivity contribution is 5.96. The summed E-state index contributed by atoms with van der Waals surface area (Å²) in [7, 11) is 0. The Bertz CT molecular complexity index is 1400. The zero-order chi connectivity index (χ0) is 31.4. The van der Waals surface area contributed by atoms with Gasteiger partial charge in [-0.05, 0) is 43.7 Å². The second-order valence-electron chi connectivity index (χ2n) is 11.8. The van der Waals surface area contributed by atoms with E-state index in [0.29, 0.717) is 13.2 Å². The van der Waals surface area contributed by atoms with E-state index in [1.165, 1.54) is 10.7 Å². The Morgan fingerprint density at radius 1 is 0.778 bits per heavy atom. The molecule has 0 saturated heterocycles. The highest BCUT2D eigenvalue weighted by Gasteiger charge is 2.31. The molecule has 1 heterocycles. The molecule has 2 saturated carbocycles. The maximum absolute atomic E-state index is 13.7. The van der Waals surface area contributed by atoms with Gasteiger partial charge in [-0.25, -0.2) is 9.48 Å². The number of hydrogen-bond donors (Lipinski definition) is 2. The van der Waals surface area contributed by atoms with Gasteiger partial charge in [0.05, 0.1) is 44.1 Å². The molecule has 10 nitrogen and oxygen atoms in total. The Hall–Kier alpha value is -4.02. The maximum Gasteiger partial charge on any atom is 0.358 e. The van der Waals surface area contributed by atoms with Crippen molar-refractivity contribution in [1.29, 1.82) is 0 Å². The van der Waals surface area contributed by atoms with Gasteiger partial charge in [0.1, 0.15) is 12.2 Å². The zero-order valence-electron chi connectivity index (χ0n) is 26.0. The number of benzene rings is 2. The van der Waals surface area contributed by atoms with Crippen LogP contribution in [0.15, 0.2) is 66.7 Å². The summed E-state index contributed by atoms with van der Waals surface area (Å²) < 4.78 is 18.9. The molecule has 240 valence electrons. The van der Waals surface area contributed by atoms with Gasteiger partial charge in [0.2, 0.25) is 5.91 Å². The number of aromatic nitrogens is 2. The molecule has 0 bridgehead atoms. The smallest absolute Gasteiger partial charge is 0.358 e. The summed E-state index contributed by atoms with van der Waals surface area (Å²) in [5.74, 6) is -1.36. The van der Waals surface area contributed by atoms with Crippen LogP contribution in [-0.2, 0) is 38.8 Å². The van der Waals surface area contributed by atoms with Gasteiger partial charge in [0.25, 0.3) is 5.91 Å². The number of ether oxygens (including phenoxy) is 3. The summed E-state index contributed by atoms with van der Waals surface area (Å²) in [5, 5.41) is 10.5. The number of nitrogens with one attached hydrogen (secondary N) is 2. The van der Waals surface area contributed by atoms with E-state index in [9.17, 15) is 14.4 Å². The Balaban J connectivity index is 1.25. The second kappa shape index (κ2) is 16.3. The first-order valence-corrected chi connectivity index (χ1v) is 16.2. The number of carbonyl (C=O) groups excluding carboxylic acids is 3. The molecule has 45 heavy (non-hydrogen) atoms. The zero-order valence-corrected chi connectivity index (χ0v) is 26.0. The summed E-state index contributed by atoms with van der Waals surface area (Å²) >= 11 is 0. The lowest BCUT2D eigenvalue weighted by molar-refractivity contribution is -0.124. The quantitative estimate of drug-likeness (QED) is 0.261. The van der Waals surface area contributed by atoms with Gasteiger partial charge >= 0.3 is 5.97 Å². The number of rotatable bonds is 13. The summed E-state index contributed by atoms with van der Waals surface area (Å²) in [6.07, 6.45) is 7.03. The van der Waals surface area contributed by atoms with Crippen LogP contribution in [0.3, 0.4) is 0 Å². The first-order valence-electron chi connectivity index (χ1n) is 16.2. The fourth-order valence-corrected chi connectivity index (χ4v) is 6.13. The van der Waals surface area contributed by atoms with E-state index in [4.69, 9.17) is 14.2 Å². The predicted molar refractivity (Wildman–Crippen MR) is 168 cm³/mol. The molecular weight excluding hydrogens is 572 g/mol. The molecule has 0 spiro atoms. The minimum atomic E-state index is -0.644. The van der Waals surface area contributed by atoms with Crippen LogP contribution in [0, 0.1) is 0 Å². The number of esters is 1. The third kappa shape index (κ3) is 9.25. The molecule has 2 amide bonds. The van der Waals surface area contributed by atoms with Crippen LogP contribution in [0.1, 0.15) is 90.4 Å². The molecule has 1 aromatic heterocycles. The van der Waals surface area contributed by atoms with E-state index in [0.717, 1.165) is 62.5 Å². The van der Waals surface area contributed by atoms with Gasteiger partial charge in [-0.3, -0.25) is 9.59 Å². The van der Waals surface area contributed by atoms with Crippen molar-refractivity contribution >= 4 is 17.8 Å². The van der Waals surface area contributed by atoms with Crippen LogP contribution in [-0.4, -0.2) is 58.5 Å². The second-order valence-corrected chi connectivity index (χ2v) is 11.8. The average Bonchev–Trinajstić information content (AvgIpc) is 3.49. The summed E-state index contributed by atoms with van der Waals surface area (Å²) in [6.45, 7) is 2.59. The fourth-order valence-electron chi connectivity index (χ4n) is 6.13. The van der Waals surface area contributed by atoms with Gasteiger partial charge < -0.3 is 24.8 Å². The Morgan fingerprint density at radius 2 is 1.31 bits per heavy atom. The van der Waals surface area contributed by atoms with Crippen molar-refractivity contribution in [1.82, 2.24) is 20.4 Å². The number of hydrogen-bond acceptors (Lipinski definition) is 7. The van der Waals surface area contributed by atoms with Gasteiger partial charge in [-0.15, -0.1) is 0 Å². The minimum Gasteiger partial charge on any atom is -0.461 e. The first kappa shape index (κ1) is 32.4. The van der Waals surface area contributed by atoms with E-state index in [1.807, 2.05) is 60.7 Å². The summed E-state index contributed by atoms with van der Waals surface area (Å²) in [6, 6.07) is 21.0. The van der Waals surface area contributed by atoms with Crippen molar-refractivity contribution in [2.45, 2.75) is 102 Å². The van der Waals surface area contributed by atoms with E-state index in [1.54, 1.807) is 6.92 Å². The van der Waals surface area contributed by atoms with Crippen molar-refractivity contribution in [3.8, 4) is 0 Å². The van der Waals surface area contributed by atoms with Crippen LogP contribution in [0.4, 0.5) is 0 Å². The number of amides is 2. The highest BCUT2D eigenvalue weighted by atomic mass is 16.5. The molecule has 2 fully saturated rings. The van der Waals surface area contributed by atoms with E-state index < -0.39 is 11.9 Å². The Kier molecular flexibility index (Phi) is 11.8. The third-order valence-electron chi connectivity index (χ3n) is 8.47. The van der Waals surface area contributed by atoms with Gasteiger partial charge in [0.15, 0.2) is 5.69 Å². The molecule has 0 radical (unpaired) electrons. The lowest BCUT2D eigenvalue weighted by Gasteiger charge is -2.32. The van der Waals surface area contributed by atoms with E-state index >= 15 is 0 Å². The van der Waals surface area contributed by atoms with Crippen LogP contribution >= 0.6 is 0 Å². The van der Waals surface area contributed by atoms with Crippen molar-refractivity contribution in [2.75, 3.05) is 6.61 Å². The maximum atomic E-state index is 13.7. The predicted octanol–water partition coefficient (Wildman–Crippen LogP) is 4.96. The lowest BCUT2D eigenvalue weighted by atomic mass is 9.92. The van der Waals surface area contributed by atoms with Crippen LogP contribution in [0.2, 0.25) is 0 Å². The highest BCUT2D eigenvalue weighted by Crippen LogP contribution is 2.24. The molecule has 2 aliphatic rings. The van der Waals surface area contributed by atoms with Crippen molar-refractivity contribution in [3.63, 3.8) is 0 Å². The largest absolute Gasteiger partial charge is 0.461 e. The lowest BCUT2D eigenvalue weighted by Crippen LogP contribution is -2.48. The molecule has 0 aliphatic heterocycles. The topological polar surface area (TPSA) is 121 Å². The molecular formula is C35H44N4O6. The van der Waals surface area contributed by atoms with Crippen LogP contribution in [0.5, 0.6) is 0 Å². The summed E-state index contributed by atoms with van der Waals surface area (Å²) in [4.78, 5) is 39.6. The van der Waals surface area contributed by atoms with E-state index in [2.05, 4.69) is 15.7 Å². The summed E-state index contributed by atoms with van der Waals surface area (Å²) in [5.41, 5.74) is 2.26. The van der Waals surface area contributed by atoms with Crippen molar-refractivity contribution in [2.24, 2.45) is 0 Å². The fraction of sp³-hybridized carbons (Fsp3) is 0.486. The molecule has 2 N–H and O–H groups in total. The average molecular weight is 617 g/mol. The van der Waals surface area contributed by atoms with Gasteiger partial charge in [-0.2, -0.15) is 5.10 Å². The Morgan fingerprint density at radius 3 is 1.87 bits per heavy atom. The third-order valence-corrected chi connectivity index (χ3v) is 8.47. The van der Waals surface area contributed by atoms with Gasteiger partial charge in [0, 0.05) is 6.07 Å². The van der Waals surface area contributed by atoms with Crippen LogP contribution in [0.25, 0.3) is 0 Å². The SMILES string of the molecule is CCOC(=O)c1cc(C(=O)NC2CCCCC2OCc2ccccc2)n(CC(=O)NC2CCCCC2OCc2ccccc2)n1. The molecule has 10 heteroatoms. The van der Waals surface area contributed by atoms with Crippen molar-refractivity contribution < 1.29 is 28.6 Å². The molecule has 2 aromatic carbocycles. The standard InChI is InChI=1S/C35H44N4O6/c1-2-43-35(42)29-21-30(34(41)37-28-18-10-12-20-32(28)45-24-26-15-7-4-8-16-26)39(38-29)22-33(40)36-27-17-9-11-19-31(27)44-23-25-13-5-3-6-14-25/h3-8,13-16,21,27-28,31-32H,2,9-12,17-20,22-24H2,1H3,(H,36,40)(H,37,41). The van der Waals surface area contributed by atoms with Crippen LogP contribution < -0.4 is 10.6 Å². The molecule has 3 aromatic rings. The minimum absolute atomic E-state index is 0.0166. The van der Waals surface area contributed by atoms with E-state index in [-0.39, 0.29) is 54.7 Å². The molecule has 2 aliphatic carbocycles. The molecule has 4 unspecified atom stereocenters. The number of carbonyl (C=O) groups is 3. The monoisotopic (exact) mass is 616 g/mol. The molecule has 4 atom stereocenters. The van der Waals surface area contributed by atoms with Gasteiger partial charge in [-0.1, -0.05) is 86.3 Å². The normalized spacial score (nSPS) is 21.5. The number of nitrogens with zero attached hydrogens (tertiary/aromatic N) is 2. The Labute approximate surface area is 264 Å². The first-order chi connectivity index (χ1) is 22.0.